The number of methoxy groups -OCH3 is 2. The van der Waals surface area contributed by atoms with E-state index in [0.29, 0.717) is 22.2 Å². The molecule has 0 fully saturated rings. The maximum absolute atomic E-state index is 12.1. The first-order valence-electron chi connectivity index (χ1n) is 7.33. The molecule has 23 heavy (non-hydrogen) atoms. The number of carbonyl (C=O) groups is 1. The standard InChI is InChI=1S/C15H24N4O3S/c1-19(2)9-5-8-16-15(23)18-17-14(20)11-6-7-12(21-3)13(10-11)22-4/h6-7,10H,5,8-9H2,1-4H3,(H,17,20)(H2,16,18,23)/p+1. The van der Waals surface area contributed by atoms with Crippen LogP contribution < -0.4 is 30.5 Å². The van der Waals surface area contributed by atoms with E-state index >= 15 is 0 Å². The summed E-state index contributed by atoms with van der Waals surface area (Å²) in [4.78, 5) is 13.5. The lowest BCUT2D eigenvalue weighted by atomic mass is 10.2. The molecule has 0 unspecified atom stereocenters. The zero-order chi connectivity index (χ0) is 17.2. The first kappa shape index (κ1) is 19.0. The molecule has 0 aliphatic heterocycles. The van der Waals surface area contributed by atoms with Gasteiger partial charge in [0.05, 0.1) is 34.9 Å². The summed E-state index contributed by atoms with van der Waals surface area (Å²) in [5, 5.41) is 3.42. The Bertz CT molecular complexity index is 537. The zero-order valence-electron chi connectivity index (χ0n) is 14.0. The van der Waals surface area contributed by atoms with E-state index in [1.165, 1.54) is 12.0 Å². The minimum atomic E-state index is -0.312. The van der Waals surface area contributed by atoms with Crippen molar-refractivity contribution in [3.8, 4) is 11.5 Å². The summed E-state index contributed by atoms with van der Waals surface area (Å²) >= 11 is 5.10. The highest BCUT2D eigenvalue weighted by atomic mass is 32.1. The first-order valence-corrected chi connectivity index (χ1v) is 7.74. The molecule has 128 valence electrons. The molecule has 1 aromatic rings. The monoisotopic (exact) mass is 341 g/mol. The Balaban J connectivity index is 2.43. The van der Waals surface area contributed by atoms with E-state index in [2.05, 4.69) is 30.3 Å². The highest BCUT2D eigenvalue weighted by molar-refractivity contribution is 7.80. The summed E-state index contributed by atoms with van der Waals surface area (Å²) in [7, 11) is 7.26. The second-order valence-electron chi connectivity index (χ2n) is 5.22. The topological polar surface area (TPSA) is 76.1 Å². The van der Waals surface area contributed by atoms with Crippen molar-refractivity contribution in [3.05, 3.63) is 23.8 Å². The molecule has 1 rings (SSSR count). The molecule has 0 aromatic heterocycles. The van der Waals surface area contributed by atoms with Crippen LogP contribution in [0.5, 0.6) is 11.5 Å². The van der Waals surface area contributed by atoms with Crippen molar-refractivity contribution in [2.24, 2.45) is 0 Å². The van der Waals surface area contributed by atoms with Crippen LogP contribution in [0.2, 0.25) is 0 Å². The van der Waals surface area contributed by atoms with Crippen molar-refractivity contribution in [2.45, 2.75) is 6.42 Å². The van der Waals surface area contributed by atoms with Crippen LogP contribution in [0.4, 0.5) is 0 Å². The minimum Gasteiger partial charge on any atom is -0.493 e. The minimum absolute atomic E-state index is 0.312. The molecule has 0 saturated carbocycles. The molecular formula is C15H25N4O3S+. The Kier molecular flexibility index (Phi) is 8.14. The molecule has 1 aromatic carbocycles. The number of thiocarbonyl (C=S) groups is 1. The first-order chi connectivity index (χ1) is 11.0. The van der Waals surface area contributed by atoms with Gasteiger partial charge in [-0.3, -0.25) is 15.6 Å². The molecule has 0 saturated heterocycles. The molecule has 7 nitrogen and oxygen atoms in total. The summed E-state index contributed by atoms with van der Waals surface area (Å²) in [6.45, 7) is 1.80. The second kappa shape index (κ2) is 9.86. The lowest BCUT2D eigenvalue weighted by Gasteiger charge is -2.13. The van der Waals surface area contributed by atoms with E-state index in [-0.39, 0.29) is 5.91 Å². The van der Waals surface area contributed by atoms with Crippen molar-refractivity contribution in [3.63, 3.8) is 0 Å². The van der Waals surface area contributed by atoms with Crippen LogP contribution in [0.1, 0.15) is 16.8 Å². The van der Waals surface area contributed by atoms with Gasteiger partial charge in [0.25, 0.3) is 5.91 Å². The second-order valence-corrected chi connectivity index (χ2v) is 5.62. The van der Waals surface area contributed by atoms with Crippen LogP contribution in [0.15, 0.2) is 18.2 Å². The third-order valence-corrected chi connectivity index (χ3v) is 3.32. The maximum atomic E-state index is 12.1. The normalized spacial score (nSPS) is 10.1. The van der Waals surface area contributed by atoms with E-state index in [0.717, 1.165) is 19.5 Å². The fourth-order valence-corrected chi connectivity index (χ4v) is 2.00. The summed E-state index contributed by atoms with van der Waals surface area (Å²) in [6.07, 6.45) is 0.994. The number of amides is 1. The van der Waals surface area contributed by atoms with E-state index in [1.807, 2.05) is 0 Å². The highest BCUT2D eigenvalue weighted by Crippen LogP contribution is 2.27. The summed E-state index contributed by atoms with van der Waals surface area (Å²) in [5.41, 5.74) is 5.66. The van der Waals surface area contributed by atoms with Gasteiger partial charge < -0.3 is 19.7 Å². The van der Waals surface area contributed by atoms with Crippen LogP contribution in [0.3, 0.4) is 0 Å². The zero-order valence-corrected chi connectivity index (χ0v) is 14.8. The van der Waals surface area contributed by atoms with Crippen molar-refractivity contribution in [1.29, 1.82) is 0 Å². The van der Waals surface area contributed by atoms with Crippen LogP contribution in [0, 0.1) is 0 Å². The summed E-state index contributed by atoms with van der Waals surface area (Å²) in [5.74, 6) is 0.747. The molecule has 0 radical (unpaired) electrons. The lowest BCUT2D eigenvalue weighted by Crippen LogP contribution is -3.05. The molecule has 4 N–H and O–H groups in total. The number of carbonyl (C=O) groups excluding carboxylic acids is 1. The molecule has 0 spiro atoms. The smallest absolute Gasteiger partial charge is 0.269 e. The quantitative estimate of drug-likeness (QED) is 0.300. The summed E-state index contributed by atoms with van der Waals surface area (Å²) in [6, 6.07) is 4.93. The van der Waals surface area contributed by atoms with E-state index < -0.39 is 0 Å². The van der Waals surface area contributed by atoms with Gasteiger partial charge in [0.15, 0.2) is 16.6 Å². The Morgan fingerprint density at radius 2 is 1.87 bits per heavy atom. The van der Waals surface area contributed by atoms with E-state index in [9.17, 15) is 4.79 Å². The molecule has 8 heteroatoms. The van der Waals surface area contributed by atoms with Gasteiger partial charge in [-0.15, -0.1) is 0 Å². The van der Waals surface area contributed by atoms with Crippen molar-refractivity contribution < 1.29 is 19.2 Å². The molecule has 0 heterocycles. The number of quaternary nitrogens is 1. The number of ether oxygens (including phenoxy) is 2. The van der Waals surface area contributed by atoms with Gasteiger partial charge in [-0.05, 0) is 30.4 Å². The van der Waals surface area contributed by atoms with Crippen LogP contribution in [-0.4, -0.2) is 52.4 Å². The maximum Gasteiger partial charge on any atom is 0.269 e. The number of rotatable bonds is 7. The SMILES string of the molecule is COc1ccc(C(=O)NNC(=S)NCCC[NH+](C)C)cc1OC. The number of benzene rings is 1. The molecule has 1 amide bonds. The van der Waals surface area contributed by atoms with Gasteiger partial charge >= 0.3 is 0 Å². The summed E-state index contributed by atoms with van der Waals surface area (Å²) < 4.78 is 10.3. The molecule has 0 aliphatic carbocycles. The predicted molar refractivity (Wildman–Crippen MR) is 93.0 cm³/mol. The molecular weight excluding hydrogens is 316 g/mol. The Morgan fingerprint density at radius 1 is 1.17 bits per heavy atom. The van der Waals surface area contributed by atoms with Crippen LogP contribution in [0.25, 0.3) is 0 Å². The third kappa shape index (κ3) is 6.70. The van der Waals surface area contributed by atoms with Crippen LogP contribution in [-0.2, 0) is 0 Å². The van der Waals surface area contributed by atoms with Gasteiger partial charge in [-0.2, -0.15) is 0 Å². The largest absolute Gasteiger partial charge is 0.493 e. The number of hydrogen-bond donors (Lipinski definition) is 4. The van der Waals surface area contributed by atoms with E-state index in [4.69, 9.17) is 21.7 Å². The van der Waals surface area contributed by atoms with Crippen molar-refractivity contribution in [2.75, 3.05) is 41.4 Å². The van der Waals surface area contributed by atoms with Gasteiger partial charge in [0.2, 0.25) is 0 Å². The molecule has 0 atom stereocenters. The lowest BCUT2D eigenvalue weighted by molar-refractivity contribution is -0.858. The Labute approximate surface area is 142 Å². The average molecular weight is 341 g/mol. The fraction of sp³-hybridized carbons (Fsp3) is 0.467. The Hall–Kier alpha value is -2.06. The van der Waals surface area contributed by atoms with Gasteiger partial charge in [0.1, 0.15) is 0 Å². The highest BCUT2D eigenvalue weighted by Gasteiger charge is 2.10. The molecule has 0 aliphatic rings. The predicted octanol–water partition coefficient (Wildman–Crippen LogP) is -0.653. The van der Waals surface area contributed by atoms with Crippen molar-refractivity contribution in [1.82, 2.24) is 16.2 Å². The van der Waals surface area contributed by atoms with E-state index in [1.54, 1.807) is 25.3 Å². The Morgan fingerprint density at radius 3 is 2.48 bits per heavy atom. The third-order valence-electron chi connectivity index (χ3n) is 3.07. The number of nitrogens with one attached hydrogen (secondary N) is 4. The number of hydrazine groups is 1. The molecule has 0 bridgehead atoms. The average Bonchev–Trinajstić information content (AvgIpc) is 2.55. The van der Waals surface area contributed by atoms with Gasteiger partial charge in [-0.1, -0.05) is 0 Å². The van der Waals surface area contributed by atoms with Gasteiger partial charge in [-0.25, -0.2) is 0 Å². The number of hydrogen-bond acceptors (Lipinski definition) is 4. The fourth-order valence-electron chi connectivity index (χ4n) is 1.85. The van der Waals surface area contributed by atoms with Crippen molar-refractivity contribution >= 4 is 23.2 Å². The van der Waals surface area contributed by atoms with Crippen LogP contribution >= 0.6 is 12.2 Å². The van der Waals surface area contributed by atoms with Gasteiger partial charge in [0, 0.05) is 18.5 Å².